The lowest BCUT2D eigenvalue weighted by Crippen LogP contribution is -2.54. The highest BCUT2D eigenvalue weighted by atomic mass is 16.5. The lowest BCUT2D eigenvalue weighted by atomic mass is 10.0. The van der Waals surface area contributed by atoms with Gasteiger partial charge in [0.05, 0.1) is 5.92 Å². The largest absolute Gasteiger partial charge is 0.461 e. The number of benzene rings is 2. The first kappa shape index (κ1) is 39.2. The van der Waals surface area contributed by atoms with Gasteiger partial charge in [0, 0.05) is 25.1 Å². The van der Waals surface area contributed by atoms with Crippen molar-refractivity contribution in [3.63, 3.8) is 0 Å². The third-order valence-corrected chi connectivity index (χ3v) is 7.22. The van der Waals surface area contributed by atoms with Crippen LogP contribution in [0.4, 0.5) is 10.5 Å². The Balaban J connectivity index is 1.92. The molecule has 0 radical (unpaired) electrons. The Morgan fingerprint density at radius 2 is 1.35 bits per heavy atom. The molecule has 48 heavy (non-hydrogen) atoms. The van der Waals surface area contributed by atoms with Crippen molar-refractivity contribution in [1.82, 2.24) is 16.0 Å². The van der Waals surface area contributed by atoms with Crippen molar-refractivity contribution >= 4 is 41.4 Å². The van der Waals surface area contributed by atoms with Crippen LogP contribution in [0.3, 0.4) is 0 Å². The summed E-state index contributed by atoms with van der Waals surface area (Å²) in [7, 11) is 0. The first-order valence-corrected chi connectivity index (χ1v) is 16.2. The second-order valence-electron chi connectivity index (χ2n) is 12.1. The molecule has 13 heteroatoms. The average molecular weight is 668 g/mol. The summed E-state index contributed by atoms with van der Waals surface area (Å²) in [4.78, 5) is 74.3. The molecule has 0 unspecified atom stereocenters. The van der Waals surface area contributed by atoms with Gasteiger partial charge in [0.25, 0.3) is 0 Å². The zero-order chi connectivity index (χ0) is 35.5. The van der Waals surface area contributed by atoms with Crippen LogP contribution in [-0.4, -0.2) is 54.3 Å². The first-order valence-electron chi connectivity index (χ1n) is 16.2. The van der Waals surface area contributed by atoms with E-state index in [2.05, 4.69) is 21.3 Å². The second-order valence-corrected chi connectivity index (χ2v) is 12.1. The van der Waals surface area contributed by atoms with E-state index in [9.17, 15) is 28.8 Å². The normalized spacial score (nSPS) is 12.0. The Morgan fingerprint density at radius 3 is 1.98 bits per heavy atom. The number of primary amides is 1. The van der Waals surface area contributed by atoms with Crippen molar-refractivity contribution < 1.29 is 38.2 Å². The summed E-state index contributed by atoms with van der Waals surface area (Å²) in [5, 5.41) is 10.7. The summed E-state index contributed by atoms with van der Waals surface area (Å²) in [6.07, 6.45) is 1.68. The van der Waals surface area contributed by atoms with Gasteiger partial charge in [0.2, 0.25) is 17.7 Å². The maximum atomic E-state index is 13.4. The molecule has 0 aliphatic rings. The predicted octanol–water partition coefficient (Wildman–Crippen LogP) is 3.70. The maximum absolute atomic E-state index is 13.4. The third-order valence-electron chi connectivity index (χ3n) is 7.22. The van der Waals surface area contributed by atoms with E-state index in [4.69, 9.17) is 15.2 Å². The average Bonchev–Trinajstić information content (AvgIpc) is 3.05. The van der Waals surface area contributed by atoms with Gasteiger partial charge in [0.1, 0.15) is 25.3 Å². The minimum Gasteiger partial charge on any atom is -0.461 e. The van der Waals surface area contributed by atoms with Crippen molar-refractivity contribution in [3.05, 3.63) is 65.7 Å². The van der Waals surface area contributed by atoms with E-state index in [0.717, 1.165) is 11.1 Å². The summed E-state index contributed by atoms with van der Waals surface area (Å²) in [6.45, 7) is 7.53. The molecule has 0 fully saturated rings. The smallest absolute Gasteiger partial charge is 0.312 e. The summed E-state index contributed by atoms with van der Waals surface area (Å²) in [5.74, 6) is -2.58. The van der Waals surface area contributed by atoms with Crippen LogP contribution in [0.15, 0.2) is 54.6 Å². The Bertz CT molecular complexity index is 1350. The minimum absolute atomic E-state index is 0.0976. The molecule has 0 spiro atoms. The van der Waals surface area contributed by atoms with Gasteiger partial charge in [-0.25, -0.2) is 4.79 Å². The van der Waals surface area contributed by atoms with Gasteiger partial charge in [0.15, 0.2) is 0 Å². The van der Waals surface area contributed by atoms with E-state index in [0.29, 0.717) is 24.9 Å². The quantitative estimate of drug-likeness (QED) is 0.104. The van der Waals surface area contributed by atoms with Crippen LogP contribution in [0.5, 0.6) is 0 Å². The highest BCUT2D eigenvalue weighted by molar-refractivity contribution is 5.98. The molecule has 6 N–H and O–H groups in total. The first-order chi connectivity index (χ1) is 22.8. The van der Waals surface area contributed by atoms with E-state index in [-0.39, 0.29) is 68.7 Å². The van der Waals surface area contributed by atoms with Crippen LogP contribution in [0.1, 0.15) is 77.3 Å². The fourth-order valence-corrected chi connectivity index (χ4v) is 4.43. The van der Waals surface area contributed by atoms with E-state index < -0.39 is 29.9 Å². The van der Waals surface area contributed by atoms with Gasteiger partial charge in [-0.15, -0.1) is 0 Å². The van der Waals surface area contributed by atoms with E-state index in [1.807, 2.05) is 30.3 Å². The van der Waals surface area contributed by atoms with Crippen LogP contribution in [-0.2, 0) is 46.7 Å². The Morgan fingerprint density at radius 1 is 0.729 bits per heavy atom. The van der Waals surface area contributed by atoms with E-state index in [1.165, 1.54) is 0 Å². The number of urea groups is 1. The molecule has 13 nitrogen and oxygen atoms in total. The highest BCUT2D eigenvalue weighted by Gasteiger charge is 2.29. The molecule has 0 bridgehead atoms. The lowest BCUT2D eigenvalue weighted by molar-refractivity contribution is -0.148. The monoisotopic (exact) mass is 667 g/mol. The number of carbonyl (C=O) groups excluding carboxylic acids is 6. The van der Waals surface area contributed by atoms with E-state index >= 15 is 0 Å². The number of rotatable bonds is 20. The molecule has 2 rings (SSSR count). The van der Waals surface area contributed by atoms with Gasteiger partial charge in [-0.1, -0.05) is 70.2 Å². The molecular formula is C35H49N5O8. The maximum Gasteiger partial charge on any atom is 0.312 e. The van der Waals surface area contributed by atoms with Crippen LogP contribution < -0.4 is 27.0 Å². The molecule has 0 aromatic heterocycles. The molecule has 0 saturated heterocycles. The lowest BCUT2D eigenvalue weighted by Gasteiger charge is -2.25. The topological polar surface area (TPSA) is 195 Å². The number of hydrogen-bond acceptors (Lipinski definition) is 8. The fraction of sp³-hybridized carbons (Fsp3) is 0.486. The molecule has 0 heterocycles. The zero-order valence-electron chi connectivity index (χ0n) is 28.2. The Kier molecular flexibility index (Phi) is 17.2. The molecule has 0 saturated carbocycles. The number of carbonyl (C=O) groups is 6. The minimum atomic E-state index is -0.987. The summed E-state index contributed by atoms with van der Waals surface area (Å²) < 4.78 is 10.5. The SMILES string of the molecule is CC(C)C(=O)OCc1ccc(NC(=O)[C@H](CCCNC(N)=O)NC(=O)[C@@H](NC(=O)CCCCC(=O)OCc2ccccc2)C(C)C)cc1. The molecule has 0 aliphatic carbocycles. The van der Waals surface area contributed by atoms with Gasteiger partial charge in [-0.3, -0.25) is 24.0 Å². The number of amides is 5. The highest BCUT2D eigenvalue weighted by Crippen LogP contribution is 2.14. The van der Waals surface area contributed by atoms with Crippen molar-refractivity contribution in [2.24, 2.45) is 17.6 Å². The Hall–Kier alpha value is -4.94. The molecular weight excluding hydrogens is 618 g/mol. The van der Waals surface area contributed by atoms with E-state index in [1.54, 1.807) is 52.0 Å². The third kappa shape index (κ3) is 15.6. The standard InChI is InChI=1S/C35H49N5O8/c1-23(2)31(40-29(41)14-8-9-15-30(42)47-21-25-11-6-5-7-12-25)33(44)39-28(13-10-20-37-35(36)46)32(43)38-27-18-16-26(17-19-27)22-48-34(45)24(3)4/h5-7,11-12,16-19,23-24,28,31H,8-10,13-15,20-22H2,1-4H3,(H,38,43)(H,39,44)(H,40,41)(H3,36,37,46)/t28-,31-/m0/s1. The number of unbranched alkanes of at least 4 members (excludes halogenated alkanes) is 1. The van der Waals surface area contributed by atoms with Crippen molar-refractivity contribution in [2.45, 2.75) is 91.5 Å². The summed E-state index contributed by atoms with van der Waals surface area (Å²) in [5.41, 5.74) is 7.23. The van der Waals surface area contributed by atoms with Crippen molar-refractivity contribution in [1.29, 1.82) is 0 Å². The molecule has 2 atom stereocenters. The molecule has 5 amide bonds. The van der Waals surface area contributed by atoms with Crippen LogP contribution >= 0.6 is 0 Å². The zero-order valence-corrected chi connectivity index (χ0v) is 28.2. The Labute approximate surface area is 282 Å². The molecule has 2 aromatic rings. The molecule has 0 aliphatic heterocycles. The summed E-state index contributed by atoms with van der Waals surface area (Å²) >= 11 is 0. The second kappa shape index (κ2) is 21.0. The van der Waals surface area contributed by atoms with Crippen LogP contribution in [0.2, 0.25) is 0 Å². The van der Waals surface area contributed by atoms with Gasteiger partial charge < -0.3 is 36.5 Å². The molecule has 2 aromatic carbocycles. The number of anilines is 1. The van der Waals surface area contributed by atoms with Gasteiger partial charge >= 0.3 is 18.0 Å². The number of hydrogen-bond donors (Lipinski definition) is 5. The molecule has 262 valence electrons. The number of esters is 2. The number of ether oxygens (including phenoxy) is 2. The number of nitrogens with two attached hydrogens (primary N) is 1. The van der Waals surface area contributed by atoms with Crippen molar-refractivity contribution in [3.8, 4) is 0 Å². The van der Waals surface area contributed by atoms with Gasteiger partial charge in [-0.05, 0) is 54.9 Å². The summed E-state index contributed by atoms with van der Waals surface area (Å²) in [6, 6.07) is 13.5. The fourth-order valence-electron chi connectivity index (χ4n) is 4.43. The van der Waals surface area contributed by atoms with Crippen LogP contribution in [0.25, 0.3) is 0 Å². The number of nitrogens with one attached hydrogen (secondary N) is 4. The predicted molar refractivity (Wildman–Crippen MR) is 180 cm³/mol. The van der Waals surface area contributed by atoms with Crippen molar-refractivity contribution in [2.75, 3.05) is 11.9 Å². The van der Waals surface area contributed by atoms with Crippen LogP contribution in [0, 0.1) is 11.8 Å². The van der Waals surface area contributed by atoms with Gasteiger partial charge in [-0.2, -0.15) is 0 Å².